The Morgan fingerprint density at radius 1 is 0.947 bits per heavy atom. The Balaban J connectivity index is 2.64. The average Bonchev–Trinajstić information content (AvgIpc) is 2.80. The maximum Gasteiger partial charge on any atom is 0.408 e. The zero-order valence-electron chi connectivity index (χ0n) is 24.6. The number of nitrogens with zero attached hydrogens (tertiary/aromatic N) is 1. The minimum absolute atomic E-state index is 0.247. The summed E-state index contributed by atoms with van der Waals surface area (Å²) in [5.41, 5.74) is 1.86. The van der Waals surface area contributed by atoms with E-state index >= 15 is 0 Å². The normalized spacial score (nSPS) is 13.4. The van der Waals surface area contributed by atoms with Gasteiger partial charge in [-0.2, -0.15) is 0 Å². The van der Waals surface area contributed by atoms with E-state index in [9.17, 15) is 14.4 Å². The molecule has 2 aromatic rings. The molecule has 0 aliphatic heterocycles. The number of amides is 3. The standard InChI is InChI=1S/C31H45N3O4/c1-11-31(9,10)34(28(36)25(20(2)3)33-29(37)38-30(6,7)8)26(23-17-14-15-21(4)19-23)27(35)32-24-18-13-12-16-22(24)5/h12-20,25-26H,11H2,1-10H3,(H,32,35)(H,33,37). The lowest BCUT2D eigenvalue weighted by atomic mass is 9.90. The van der Waals surface area contributed by atoms with Crippen LogP contribution in [-0.2, 0) is 14.3 Å². The van der Waals surface area contributed by atoms with Crippen LogP contribution in [-0.4, -0.2) is 40.0 Å². The number of para-hydroxylation sites is 1. The van der Waals surface area contributed by atoms with Gasteiger partial charge >= 0.3 is 6.09 Å². The fourth-order valence-corrected chi connectivity index (χ4v) is 4.22. The first kappa shape index (κ1) is 30.9. The van der Waals surface area contributed by atoms with Gasteiger partial charge in [0.05, 0.1) is 0 Å². The van der Waals surface area contributed by atoms with Gasteiger partial charge in [-0.3, -0.25) is 9.59 Å². The molecule has 0 spiro atoms. The molecule has 2 unspecified atom stereocenters. The van der Waals surface area contributed by atoms with E-state index in [0.717, 1.165) is 11.1 Å². The Bertz CT molecular complexity index is 1130. The number of rotatable bonds is 9. The molecule has 0 fully saturated rings. The van der Waals surface area contributed by atoms with Crippen LogP contribution >= 0.6 is 0 Å². The van der Waals surface area contributed by atoms with Gasteiger partial charge in [0.1, 0.15) is 17.7 Å². The van der Waals surface area contributed by atoms with Crippen LogP contribution in [0.25, 0.3) is 0 Å². The Morgan fingerprint density at radius 3 is 2.11 bits per heavy atom. The predicted octanol–water partition coefficient (Wildman–Crippen LogP) is 6.55. The fraction of sp³-hybridized carbons (Fsp3) is 0.516. The summed E-state index contributed by atoms with van der Waals surface area (Å²) in [7, 11) is 0. The van der Waals surface area contributed by atoms with Crippen molar-refractivity contribution in [2.24, 2.45) is 5.92 Å². The second-order valence-corrected chi connectivity index (χ2v) is 11.9. The maximum absolute atomic E-state index is 14.4. The third-order valence-electron chi connectivity index (χ3n) is 6.63. The summed E-state index contributed by atoms with van der Waals surface area (Å²) in [6.45, 7) is 18.8. The number of alkyl carbamates (subject to hydrolysis) is 1. The van der Waals surface area contributed by atoms with Crippen molar-refractivity contribution in [2.45, 2.75) is 98.9 Å². The molecule has 2 N–H and O–H groups in total. The zero-order chi connectivity index (χ0) is 28.8. The van der Waals surface area contributed by atoms with Gasteiger partial charge in [0.15, 0.2) is 0 Å². The average molecular weight is 524 g/mol. The number of carbonyl (C=O) groups is 3. The molecule has 0 aromatic heterocycles. The molecule has 2 atom stereocenters. The summed E-state index contributed by atoms with van der Waals surface area (Å²) < 4.78 is 5.46. The summed E-state index contributed by atoms with van der Waals surface area (Å²) >= 11 is 0. The first-order valence-corrected chi connectivity index (χ1v) is 13.3. The van der Waals surface area contributed by atoms with Crippen molar-refractivity contribution in [1.82, 2.24) is 10.2 Å². The largest absolute Gasteiger partial charge is 0.444 e. The van der Waals surface area contributed by atoms with Crippen LogP contribution in [0.1, 0.15) is 84.5 Å². The van der Waals surface area contributed by atoms with Crippen LogP contribution in [0.15, 0.2) is 48.5 Å². The lowest BCUT2D eigenvalue weighted by Crippen LogP contribution is -2.60. The molecule has 0 radical (unpaired) electrons. The minimum atomic E-state index is -0.932. The second kappa shape index (κ2) is 12.5. The van der Waals surface area contributed by atoms with Gasteiger partial charge in [0.25, 0.3) is 5.91 Å². The third kappa shape index (κ3) is 8.07. The Hall–Kier alpha value is -3.35. The molecule has 3 amide bonds. The van der Waals surface area contributed by atoms with E-state index in [4.69, 9.17) is 4.74 Å². The maximum atomic E-state index is 14.4. The highest BCUT2D eigenvalue weighted by atomic mass is 16.6. The van der Waals surface area contributed by atoms with Crippen molar-refractivity contribution >= 4 is 23.6 Å². The molecule has 7 heteroatoms. The van der Waals surface area contributed by atoms with Crippen LogP contribution < -0.4 is 10.6 Å². The molecular weight excluding hydrogens is 478 g/mol. The molecule has 0 bridgehead atoms. The molecule has 208 valence electrons. The molecule has 0 heterocycles. The van der Waals surface area contributed by atoms with Gasteiger partial charge in [-0.1, -0.05) is 68.8 Å². The van der Waals surface area contributed by atoms with Gasteiger partial charge < -0.3 is 20.3 Å². The lowest BCUT2D eigenvalue weighted by Gasteiger charge is -2.45. The van der Waals surface area contributed by atoms with Gasteiger partial charge in [0.2, 0.25) is 5.91 Å². The summed E-state index contributed by atoms with van der Waals surface area (Å²) in [6, 6.07) is 13.4. The molecule has 2 rings (SSSR count). The van der Waals surface area contributed by atoms with Crippen LogP contribution in [0, 0.1) is 19.8 Å². The highest BCUT2D eigenvalue weighted by molar-refractivity contribution is 5.99. The predicted molar refractivity (Wildman–Crippen MR) is 153 cm³/mol. The van der Waals surface area contributed by atoms with E-state index in [1.807, 2.05) is 97.0 Å². The second-order valence-electron chi connectivity index (χ2n) is 11.9. The highest BCUT2D eigenvalue weighted by Gasteiger charge is 2.44. The quantitative estimate of drug-likeness (QED) is 0.390. The molecule has 0 saturated heterocycles. The van der Waals surface area contributed by atoms with Crippen LogP contribution in [0.5, 0.6) is 0 Å². The summed E-state index contributed by atoms with van der Waals surface area (Å²) in [5.74, 6) is -0.911. The Kier molecular flexibility index (Phi) is 10.1. The van der Waals surface area contributed by atoms with Gasteiger partial charge in [-0.15, -0.1) is 0 Å². The van der Waals surface area contributed by atoms with Crippen molar-refractivity contribution in [1.29, 1.82) is 0 Å². The molecule has 7 nitrogen and oxygen atoms in total. The summed E-state index contributed by atoms with van der Waals surface area (Å²) in [6.07, 6.45) is -0.0778. The van der Waals surface area contributed by atoms with Crippen molar-refractivity contribution in [3.8, 4) is 0 Å². The van der Waals surface area contributed by atoms with Gasteiger partial charge in [-0.05, 0) is 78.0 Å². The number of nitrogens with one attached hydrogen (secondary N) is 2. The first-order chi connectivity index (χ1) is 17.6. The molecular formula is C31H45N3O4. The third-order valence-corrected chi connectivity index (χ3v) is 6.63. The molecule has 0 saturated carbocycles. The monoisotopic (exact) mass is 523 g/mol. The Labute approximate surface area is 228 Å². The van der Waals surface area contributed by atoms with Crippen molar-refractivity contribution in [3.05, 3.63) is 65.2 Å². The summed E-state index contributed by atoms with van der Waals surface area (Å²) in [5, 5.41) is 5.84. The highest BCUT2D eigenvalue weighted by Crippen LogP contribution is 2.34. The van der Waals surface area contributed by atoms with Crippen LogP contribution in [0.3, 0.4) is 0 Å². The van der Waals surface area contributed by atoms with Crippen molar-refractivity contribution < 1.29 is 19.1 Å². The minimum Gasteiger partial charge on any atom is -0.444 e. The number of hydrogen-bond acceptors (Lipinski definition) is 4. The van der Waals surface area contributed by atoms with Crippen molar-refractivity contribution in [3.63, 3.8) is 0 Å². The van der Waals surface area contributed by atoms with Crippen LogP contribution in [0.2, 0.25) is 0 Å². The van der Waals surface area contributed by atoms with Gasteiger partial charge in [0, 0.05) is 11.2 Å². The number of anilines is 1. The van der Waals surface area contributed by atoms with Crippen LogP contribution in [0.4, 0.5) is 10.5 Å². The molecule has 38 heavy (non-hydrogen) atoms. The fourth-order valence-electron chi connectivity index (χ4n) is 4.22. The topological polar surface area (TPSA) is 87.7 Å². The van der Waals surface area contributed by atoms with E-state index < -0.39 is 29.3 Å². The van der Waals surface area contributed by atoms with E-state index in [-0.39, 0.29) is 17.7 Å². The number of ether oxygens (including phenoxy) is 1. The molecule has 0 aliphatic rings. The number of hydrogen-bond donors (Lipinski definition) is 2. The molecule has 0 aliphatic carbocycles. The summed E-state index contributed by atoms with van der Waals surface area (Å²) in [4.78, 5) is 42.8. The molecule has 2 aromatic carbocycles. The first-order valence-electron chi connectivity index (χ1n) is 13.3. The Morgan fingerprint density at radius 2 is 1.58 bits per heavy atom. The lowest BCUT2D eigenvalue weighted by molar-refractivity contribution is -0.148. The number of benzene rings is 2. The zero-order valence-corrected chi connectivity index (χ0v) is 24.6. The smallest absolute Gasteiger partial charge is 0.408 e. The van der Waals surface area contributed by atoms with E-state index in [0.29, 0.717) is 17.7 Å². The van der Waals surface area contributed by atoms with Gasteiger partial charge in [-0.25, -0.2) is 4.79 Å². The SMILES string of the molecule is CCC(C)(C)N(C(=O)C(NC(=O)OC(C)(C)C)C(C)C)C(C(=O)Nc1ccccc1C)c1cccc(C)c1. The number of aryl methyl sites for hydroxylation is 2. The van der Waals surface area contributed by atoms with Crippen molar-refractivity contribution in [2.75, 3.05) is 5.32 Å². The van der Waals surface area contributed by atoms with E-state index in [1.54, 1.807) is 25.7 Å². The number of carbonyl (C=O) groups excluding carboxylic acids is 3. The van der Waals surface area contributed by atoms with E-state index in [2.05, 4.69) is 10.6 Å². The van der Waals surface area contributed by atoms with E-state index in [1.165, 1.54) is 0 Å².